The van der Waals surface area contributed by atoms with Crippen LogP contribution in [0.25, 0.3) is 0 Å². The van der Waals surface area contributed by atoms with Gasteiger partial charge in [0, 0.05) is 13.2 Å². The monoisotopic (exact) mass is 309 g/mol. The van der Waals surface area contributed by atoms with Crippen LogP contribution in [0.15, 0.2) is 30.3 Å². The topological polar surface area (TPSA) is 49.3 Å². The number of benzene rings is 1. The van der Waals surface area contributed by atoms with Crippen LogP contribution in [-0.2, 0) is 11.2 Å². The maximum absolute atomic E-state index is 11.8. The molecule has 4 heteroatoms. The molecule has 0 bridgehead atoms. The molecule has 21 heavy (non-hydrogen) atoms. The molecule has 0 heterocycles. The Morgan fingerprint density at radius 2 is 2.00 bits per heavy atom. The van der Waals surface area contributed by atoms with E-state index in [0.717, 1.165) is 25.0 Å². The third-order valence-electron chi connectivity index (χ3n) is 3.39. The van der Waals surface area contributed by atoms with Gasteiger partial charge in [0.1, 0.15) is 0 Å². The molecule has 0 saturated carbocycles. The molecule has 0 fully saturated rings. The fraction of sp³-hybridized carbons (Fsp3) is 0.588. The van der Waals surface area contributed by atoms with Crippen LogP contribution in [0.3, 0.4) is 0 Å². The number of hydrogen-bond donors (Lipinski definition) is 2. The van der Waals surface area contributed by atoms with Gasteiger partial charge in [0.15, 0.2) is 0 Å². The average molecular weight is 309 g/mol. The van der Waals surface area contributed by atoms with Crippen molar-refractivity contribution < 1.29 is 9.90 Å². The van der Waals surface area contributed by atoms with Crippen LogP contribution < -0.4 is 5.32 Å². The predicted octanol–water partition coefficient (Wildman–Crippen LogP) is 2.88. The summed E-state index contributed by atoms with van der Waals surface area (Å²) in [4.78, 5) is 11.8. The lowest BCUT2D eigenvalue weighted by Gasteiger charge is -2.24. The highest BCUT2D eigenvalue weighted by atomic mass is 32.2. The quantitative estimate of drug-likeness (QED) is 0.653. The number of hydrogen-bond acceptors (Lipinski definition) is 3. The molecule has 1 aromatic rings. The third-order valence-corrected chi connectivity index (χ3v) is 4.35. The van der Waals surface area contributed by atoms with Crippen LogP contribution >= 0.6 is 11.8 Å². The Kier molecular flexibility index (Phi) is 8.47. The first kappa shape index (κ1) is 18.1. The van der Waals surface area contributed by atoms with Gasteiger partial charge in [0.25, 0.3) is 0 Å². The minimum absolute atomic E-state index is 0.0487. The van der Waals surface area contributed by atoms with E-state index in [9.17, 15) is 4.79 Å². The highest BCUT2D eigenvalue weighted by Gasteiger charge is 2.18. The number of rotatable bonds is 10. The van der Waals surface area contributed by atoms with Crippen LogP contribution in [0.4, 0.5) is 0 Å². The maximum atomic E-state index is 11.8. The van der Waals surface area contributed by atoms with E-state index in [1.807, 2.05) is 18.2 Å². The zero-order valence-corrected chi connectivity index (χ0v) is 13.9. The second-order valence-electron chi connectivity index (χ2n) is 6.06. The van der Waals surface area contributed by atoms with Crippen molar-refractivity contribution in [1.82, 2.24) is 5.32 Å². The van der Waals surface area contributed by atoms with Crippen LogP contribution in [-0.4, -0.2) is 35.7 Å². The minimum Gasteiger partial charge on any atom is -0.396 e. The van der Waals surface area contributed by atoms with Gasteiger partial charge in [-0.2, -0.15) is 11.8 Å². The van der Waals surface area contributed by atoms with Crippen molar-refractivity contribution in [2.75, 3.05) is 24.7 Å². The van der Waals surface area contributed by atoms with Crippen molar-refractivity contribution in [3.8, 4) is 0 Å². The van der Waals surface area contributed by atoms with E-state index in [2.05, 4.69) is 31.3 Å². The minimum atomic E-state index is 0.0487. The van der Waals surface area contributed by atoms with Gasteiger partial charge in [-0.15, -0.1) is 0 Å². The van der Waals surface area contributed by atoms with Crippen molar-refractivity contribution in [3.05, 3.63) is 35.9 Å². The van der Waals surface area contributed by atoms with Crippen LogP contribution in [0.2, 0.25) is 0 Å². The number of nitrogens with one attached hydrogen (secondary N) is 1. The molecule has 0 aliphatic carbocycles. The van der Waals surface area contributed by atoms with Gasteiger partial charge in [-0.25, -0.2) is 0 Å². The molecule has 0 unspecified atom stereocenters. The number of aryl methyl sites for hydroxylation is 1. The standard InChI is InChI=1S/C17H27NO2S/c1-17(2,10-6-11-19)14-18-16(20)13-21-12-9-15-7-4-3-5-8-15/h3-5,7-8,19H,6,9-14H2,1-2H3,(H,18,20). The summed E-state index contributed by atoms with van der Waals surface area (Å²) in [5, 5.41) is 11.8. The number of aliphatic hydroxyl groups excluding tert-OH is 1. The predicted molar refractivity (Wildman–Crippen MR) is 90.6 cm³/mol. The summed E-state index contributed by atoms with van der Waals surface area (Å²) < 4.78 is 0. The third kappa shape index (κ3) is 8.79. The van der Waals surface area contributed by atoms with Crippen molar-refractivity contribution in [2.45, 2.75) is 33.1 Å². The van der Waals surface area contributed by atoms with Crippen molar-refractivity contribution >= 4 is 17.7 Å². The fourth-order valence-electron chi connectivity index (χ4n) is 2.03. The van der Waals surface area contributed by atoms with Gasteiger partial charge < -0.3 is 10.4 Å². The fourth-order valence-corrected chi connectivity index (χ4v) is 2.85. The Bertz CT molecular complexity index is 407. The molecule has 118 valence electrons. The summed E-state index contributed by atoms with van der Waals surface area (Å²) in [5.74, 6) is 1.58. The highest BCUT2D eigenvalue weighted by Crippen LogP contribution is 2.20. The van der Waals surface area contributed by atoms with Crippen molar-refractivity contribution in [1.29, 1.82) is 0 Å². The Hall–Kier alpha value is -1.00. The molecule has 1 rings (SSSR count). The molecular formula is C17H27NO2S. The lowest BCUT2D eigenvalue weighted by molar-refractivity contribution is -0.119. The molecule has 0 aliphatic heterocycles. The van der Waals surface area contributed by atoms with E-state index in [1.165, 1.54) is 5.56 Å². The number of carbonyl (C=O) groups excluding carboxylic acids is 1. The van der Waals surface area contributed by atoms with Gasteiger partial charge in [-0.05, 0) is 36.0 Å². The summed E-state index contributed by atoms with van der Waals surface area (Å²) in [7, 11) is 0. The lowest BCUT2D eigenvalue weighted by Crippen LogP contribution is -2.35. The van der Waals surface area contributed by atoms with E-state index >= 15 is 0 Å². The van der Waals surface area contributed by atoms with Crippen molar-refractivity contribution in [3.63, 3.8) is 0 Å². The summed E-state index contributed by atoms with van der Waals surface area (Å²) in [5.41, 5.74) is 1.36. The number of aliphatic hydroxyl groups is 1. The molecule has 1 amide bonds. The zero-order valence-electron chi connectivity index (χ0n) is 13.1. The first-order valence-electron chi connectivity index (χ1n) is 7.53. The van der Waals surface area contributed by atoms with E-state index < -0.39 is 0 Å². The summed E-state index contributed by atoms with van der Waals surface area (Å²) in [6.45, 7) is 5.12. The van der Waals surface area contributed by atoms with Crippen LogP contribution in [0, 0.1) is 5.41 Å². The first-order chi connectivity index (χ1) is 10.0. The maximum Gasteiger partial charge on any atom is 0.230 e. The van der Waals surface area contributed by atoms with Gasteiger partial charge in [-0.3, -0.25) is 4.79 Å². The molecule has 0 spiro atoms. The molecule has 0 atom stereocenters. The summed E-state index contributed by atoms with van der Waals surface area (Å²) >= 11 is 1.67. The Morgan fingerprint density at radius 3 is 2.67 bits per heavy atom. The highest BCUT2D eigenvalue weighted by molar-refractivity contribution is 7.99. The van der Waals surface area contributed by atoms with Crippen LogP contribution in [0.5, 0.6) is 0 Å². The second-order valence-corrected chi connectivity index (χ2v) is 7.16. The van der Waals surface area contributed by atoms with E-state index in [1.54, 1.807) is 11.8 Å². The molecule has 0 aromatic heterocycles. The lowest BCUT2D eigenvalue weighted by atomic mass is 9.88. The van der Waals surface area contributed by atoms with Crippen molar-refractivity contribution in [2.24, 2.45) is 5.41 Å². The Balaban J connectivity index is 2.11. The Labute approximate surface area is 132 Å². The zero-order chi connectivity index (χ0) is 15.6. The van der Waals surface area contributed by atoms with Gasteiger partial charge in [-0.1, -0.05) is 44.2 Å². The van der Waals surface area contributed by atoms with Gasteiger partial charge in [0.05, 0.1) is 5.75 Å². The smallest absolute Gasteiger partial charge is 0.230 e. The summed E-state index contributed by atoms with van der Waals surface area (Å²) in [6.07, 6.45) is 2.71. The summed E-state index contributed by atoms with van der Waals surface area (Å²) in [6, 6.07) is 10.3. The second kappa shape index (κ2) is 9.85. The molecule has 2 N–H and O–H groups in total. The molecular weight excluding hydrogens is 282 g/mol. The molecule has 1 aromatic carbocycles. The Morgan fingerprint density at radius 1 is 1.29 bits per heavy atom. The first-order valence-corrected chi connectivity index (χ1v) is 8.68. The average Bonchev–Trinajstić information content (AvgIpc) is 2.49. The van der Waals surface area contributed by atoms with E-state index in [-0.39, 0.29) is 17.9 Å². The normalized spacial score (nSPS) is 11.4. The van der Waals surface area contributed by atoms with E-state index in [0.29, 0.717) is 12.3 Å². The number of thioether (sulfide) groups is 1. The van der Waals surface area contributed by atoms with Crippen LogP contribution in [0.1, 0.15) is 32.3 Å². The molecule has 0 aliphatic rings. The van der Waals surface area contributed by atoms with Gasteiger partial charge >= 0.3 is 0 Å². The molecule has 0 saturated heterocycles. The number of amides is 1. The largest absolute Gasteiger partial charge is 0.396 e. The SMILES string of the molecule is CC(C)(CCCO)CNC(=O)CSCCc1ccccc1. The van der Waals surface area contributed by atoms with Gasteiger partial charge in [0.2, 0.25) is 5.91 Å². The molecule has 3 nitrogen and oxygen atoms in total. The molecule has 0 radical (unpaired) electrons. The van der Waals surface area contributed by atoms with E-state index in [4.69, 9.17) is 5.11 Å². The number of carbonyl (C=O) groups is 1.